The molecule has 0 bridgehead atoms. The molecule has 2 heteroatoms. The molecule has 0 aliphatic carbocycles. The number of aryl methyl sites for hydroxylation is 1. The molecule has 2 aromatic rings. The summed E-state index contributed by atoms with van der Waals surface area (Å²) in [5.74, 6) is 2.57. The van der Waals surface area contributed by atoms with Gasteiger partial charge in [0.25, 0.3) is 0 Å². The van der Waals surface area contributed by atoms with Crippen molar-refractivity contribution < 1.29 is 0 Å². The van der Waals surface area contributed by atoms with Gasteiger partial charge in [-0.15, -0.1) is 6.42 Å². The van der Waals surface area contributed by atoms with Crippen LogP contribution in [0.15, 0.2) is 42.5 Å². The van der Waals surface area contributed by atoms with E-state index in [9.17, 15) is 0 Å². The van der Waals surface area contributed by atoms with E-state index < -0.39 is 0 Å². The molecule has 2 aromatic carbocycles. The molecule has 0 saturated carbocycles. The van der Waals surface area contributed by atoms with Crippen molar-refractivity contribution in [2.24, 2.45) is 0 Å². The Balaban J connectivity index is 1.92. The predicted molar refractivity (Wildman–Crippen MR) is 82.2 cm³/mol. The van der Waals surface area contributed by atoms with Crippen LogP contribution in [-0.4, -0.2) is 6.54 Å². The molecule has 0 aliphatic heterocycles. The quantitative estimate of drug-likeness (QED) is 0.646. The van der Waals surface area contributed by atoms with Crippen LogP contribution in [0, 0.1) is 19.3 Å². The van der Waals surface area contributed by atoms with Gasteiger partial charge in [-0.1, -0.05) is 35.7 Å². The number of anilines is 2. The fraction of sp³-hybridized carbons (Fsp3) is 0.176. The molecule has 0 heterocycles. The summed E-state index contributed by atoms with van der Waals surface area (Å²) in [4.78, 5) is 0. The number of nitrogens with one attached hydrogen (secondary N) is 1. The summed E-state index contributed by atoms with van der Waals surface area (Å²) in [7, 11) is 0. The van der Waals surface area contributed by atoms with Gasteiger partial charge in [-0.25, -0.2) is 0 Å². The molecule has 3 N–H and O–H groups in total. The van der Waals surface area contributed by atoms with Gasteiger partial charge in [0.1, 0.15) is 0 Å². The van der Waals surface area contributed by atoms with Gasteiger partial charge in [-0.05, 0) is 37.1 Å². The van der Waals surface area contributed by atoms with Gasteiger partial charge in [0.05, 0.1) is 11.4 Å². The first-order valence-electron chi connectivity index (χ1n) is 6.34. The highest BCUT2D eigenvalue weighted by Gasteiger charge is 1.99. The maximum absolute atomic E-state index is 5.94. The molecule has 0 amide bonds. The molecule has 19 heavy (non-hydrogen) atoms. The van der Waals surface area contributed by atoms with Gasteiger partial charge >= 0.3 is 0 Å². The lowest BCUT2D eigenvalue weighted by Gasteiger charge is -2.09. The molecule has 2 nitrogen and oxygen atoms in total. The molecule has 0 fully saturated rings. The van der Waals surface area contributed by atoms with Crippen molar-refractivity contribution in [2.45, 2.75) is 13.3 Å². The summed E-state index contributed by atoms with van der Waals surface area (Å²) in [5, 5.41) is 3.33. The van der Waals surface area contributed by atoms with Crippen molar-refractivity contribution in [1.29, 1.82) is 0 Å². The van der Waals surface area contributed by atoms with Crippen LogP contribution in [0.3, 0.4) is 0 Å². The lowest BCUT2D eigenvalue weighted by molar-refractivity contribution is 1.02. The predicted octanol–water partition coefficient (Wildman–Crippen LogP) is 3.21. The zero-order chi connectivity index (χ0) is 13.7. The highest BCUT2D eigenvalue weighted by Crippen LogP contribution is 2.19. The van der Waals surface area contributed by atoms with E-state index in [0.29, 0.717) is 5.69 Å². The standard InChI is InChI=1S/C17H18N2/c1-3-14-8-9-17(16(18)12-14)19-11-10-15-6-4-13(2)5-7-15/h1,4-9,12,19H,10-11,18H2,2H3. The largest absolute Gasteiger partial charge is 0.397 e. The summed E-state index contributed by atoms with van der Waals surface area (Å²) in [6.45, 7) is 2.94. The molecule has 96 valence electrons. The monoisotopic (exact) mass is 250 g/mol. The van der Waals surface area contributed by atoms with E-state index in [4.69, 9.17) is 12.2 Å². The van der Waals surface area contributed by atoms with Crippen molar-refractivity contribution in [3.8, 4) is 12.3 Å². The van der Waals surface area contributed by atoms with E-state index in [2.05, 4.69) is 42.4 Å². The molecule has 0 aliphatic rings. The highest BCUT2D eigenvalue weighted by molar-refractivity contribution is 5.68. The highest BCUT2D eigenvalue weighted by atomic mass is 14.9. The average Bonchev–Trinajstić information content (AvgIpc) is 2.42. The molecule has 0 atom stereocenters. The van der Waals surface area contributed by atoms with E-state index in [1.165, 1.54) is 11.1 Å². The van der Waals surface area contributed by atoms with Crippen LogP contribution in [0.25, 0.3) is 0 Å². The van der Waals surface area contributed by atoms with Crippen LogP contribution in [0.1, 0.15) is 16.7 Å². The van der Waals surface area contributed by atoms with Crippen LogP contribution in [0.4, 0.5) is 11.4 Å². The van der Waals surface area contributed by atoms with Crippen LogP contribution in [0.5, 0.6) is 0 Å². The van der Waals surface area contributed by atoms with Gasteiger partial charge in [-0.3, -0.25) is 0 Å². The Morgan fingerprint density at radius 2 is 1.89 bits per heavy atom. The fourth-order valence-electron chi connectivity index (χ4n) is 1.91. The Kier molecular flexibility index (Phi) is 4.10. The van der Waals surface area contributed by atoms with Gasteiger partial charge in [0.15, 0.2) is 0 Å². The van der Waals surface area contributed by atoms with Gasteiger partial charge < -0.3 is 11.1 Å². The third-order valence-corrected chi connectivity index (χ3v) is 3.07. The van der Waals surface area contributed by atoms with Gasteiger partial charge in [-0.2, -0.15) is 0 Å². The van der Waals surface area contributed by atoms with Crippen LogP contribution in [0.2, 0.25) is 0 Å². The van der Waals surface area contributed by atoms with E-state index in [1.54, 1.807) is 0 Å². The molecule has 0 unspecified atom stereocenters. The third-order valence-electron chi connectivity index (χ3n) is 3.07. The first-order valence-corrected chi connectivity index (χ1v) is 6.34. The third kappa shape index (κ3) is 3.53. The minimum absolute atomic E-state index is 0.694. The van der Waals surface area contributed by atoms with Crippen molar-refractivity contribution in [1.82, 2.24) is 0 Å². The molecule has 0 radical (unpaired) electrons. The Hall–Kier alpha value is -2.40. The Morgan fingerprint density at radius 1 is 1.16 bits per heavy atom. The zero-order valence-electron chi connectivity index (χ0n) is 11.1. The SMILES string of the molecule is C#Cc1ccc(NCCc2ccc(C)cc2)c(N)c1. The van der Waals surface area contributed by atoms with Crippen molar-refractivity contribution in [2.75, 3.05) is 17.6 Å². The van der Waals surface area contributed by atoms with Crippen LogP contribution >= 0.6 is 0 Å². The normalized spacial score (nSPS) is 9.89. The summed E-state index contributed by atoms with van der Waals surface area (Å²) < 4.78 is 0. The molecular weight excluding hydrogens is 232 g/mol. The number of nitrogen functional groups attached to an aromatic ring is 1. The summed E-state index contributed by atoms with van der Waals surface area (Å²) in [5.41, 5.74) is 11.0. The van der Waals surface area contributed by atoms with Crippen molar-refractivity contribution in [3.05, 3.63) is 59.2 Å². The summed E-state index contributed by atoms with van der Waals surface area (Å²) in [6.07, 6.45) is 6.30. The lowest BCUT2D eigenvalue weighted by Crippen LogP contribution is -2.07. The van der Waals surface area contributed by atoms with Crippen molar-refractivity contribution in [3.63, 3.8) is 0 Å². The summed E-state index contributed by atoms with van der Waals surface area (Å²) >= 11 is 0. The molecule has 0 spiro atoms. The second kappa shape index (κ2) is 5.97. The number of nitrogens with two attached hydrogens (primary N) is 1. The van der Waals surface area contributed by atoms with Crippen LogP contribution < -0.4 is 11.1 Å². The number of rotatable bonds is 4. The molecule has 0 aromatic heterocycles. The van der Waals surface area contributed by atoms with Crippen LogP contribution in [-0.2, 0) is 6.42 Å². The van der Waals surface area contributed by atoms with Crippen molar-refractivity contribution >= 4 is 11.4 Å². The second-order valence-corrected chi connectivity index (χ2v) is 4.61. The van der Waals surface area contributed by atoms with E-state index in [1.807, 2.05) is 18.2 Å². The Bertz CT molecular complexity index is 592. The van der Waals surface area contributed by atoms with Gasteiger partial charge in [0.2, 0.25) is 0 Å². The molecule has 0 saturated heterocycles. The lowest BCUT2D eigenvalue weighted by atomic mass is 10.1. The number of benzene rings is 2. The van der Waals surface area contributed by atoms with E-state index in [0.717, 1.165) is 24.2 Å². The molecular formula is C17H18N2. The topological polar surface area (TPSA) is 38.0 Å². The maximum Gasteiger partial charge on any atom is 0.0574 e. The molecule has 2 rings (SSSR count). The number of hydrogen-bond acceptors (Lipinski definition) is 2. The van der Waals surface area contributed by atoms with E-state index >= 15 is 0 Å². The fourth-order valence-corrected chi connectivity index (χ4v) is 1.91. The smallest absolute Gasteiger partial charge is 0.0574 e. The average molecular weight is 250 g/mol. The number of terminal acetylenes is 1. The van der Waals surface area contributed by atoms with Gasteiger partial charge in [0, 0.05) is 12.1 Å². The minimum atomic E-state index is 0.694. The number of hydrogen-bond donors (Lipinski definition) is 2. The maximum atomic E-state index is 5.94. The first kappa shape index (κ1) is 13.0. The van der Waals surface area contributed by atoms with E-state index in [-0.39, 0.29) is 0 Å². The Morgan fingerprint density at radius 3 is 2.53 bits per heavy atom. The minimum Gasteiger partial charge on any atom is -0.397 e. The summed E-state index contributed by atoms with van der Waals surface area (Å²) in [6, 6.07) is 14.2. The second-order valence-electron chi connectivity index (χ2n) is 4.61. The Labute approximate surface area is 114 Å². The first-order chi connectivity index (χ1) is 9.19. The zero-order valence-corrected chi connectivity index (χ0v) is 11.1.